The first-order valence-electron chi connectivity index (χ1n) is 10.0. The van der Waals surface area contributed by atoms with Crippen molar-refractivity contribution in [3.63, 3.8) is 0 Å². The highest BCUT2D eigenvalue weighted by Crippen LogP contribution is 2.28. The van der Waals surface area contributed by atoms with Crippen molar-refractivity contribution in [1.82, 2.24) is 4.90 Å². The van der Waals surface area contributed by atoms with Crippen LogP contribution < -0.4 is 10.6 Å². The Morgan fingerprint density at radius 3 is 2.31 bits per heavy atom. The number of aliphatic carboxylic acids is 1. The van der Waals surface area contributed by atoms with Crippen LogP contribution in [0.25, 0.3) is 0 Å². The fourth-order valence-electron chi connectivity index (χ4n) is 3.64. The van der Waals surface area contributed by atoms with Crippen molar-refractivity contribution < 1.29 is 19.9 Å². The van der Waals surface area contributed by atoms with Crippen LogP contribution in [0, 0.1) is 0 Å². The van der Waals surface area contributed by atoms with Gasteiger partial charge in [0.1, 0.15) is 5.54 Å². The van der Waals surface area contributed by atoms with Gasteiger partial charge < -0.3 is 25.8 Å². The van der Waals surface area contributed by atoms with Crippen molar-refractivity contribution in [3.05, 3.63) is 28.2 Å². The van der Waals surface area contributed by atoms with Gasteiger partial charge in [0.15, 0.2) is 0 Å². The molecule has 5 N–H and O–H groups in total. The van der Waals surface area contributed by atoms with E-state index in [1.165, 1.54) is 0 Å². The van der Waals surface area contributed by atoms with Gasteiger partial charge in [0.2, 0.25) is 0 Å². The smallest absolute Gasteiger partial charge is 0.451 e. The Morgan fingerprint density at radius 2 is 1.72 bits per heavy atom. The summed E-state index contributed by atoms with van der Waals surface area (Å²) in [5.74, 6) is -0.994. The van der Waals surface area contributed by atoms with Gasteiger partial charge in [0.05, 0.1) is 10.0 Å². The van der Waals surface area contributed by atoms with Gasteiger partial charge in [0.25, 0.3) is 0 Å². The average Bonchev–Trinajstić information content (AvgIpc) is 2.68. The van der Waals surface area contributed by atoms with Gasteiger partial charge in [0, 0.05) is 31.9 Å². The zero-order valence-corrected chi connectivity index (χ0v) is 18.1. The Hall–Kier alpha value is -1.03. The molecule has 1 aromatic rings. The normalized spacial score (nSPS) is 17.2. The largest absolute Gasteiger partial charge is 0.480 e. The number of nitrogens with two attached hydrogens (primary N) is 1. The molecule has 0 saturated carbocycles. The van der Waals surface area contributed by atoms with Gasteiger partial charge in [-0.1, -0.05) is 36.0 Å². The lowest BCUT2D eigenvalue weighted by Crippen LogP contribution is -2.49. The number of carbonyl (C=O) groups is 1. The van der Waals surface area contributed by atoms with Crippen LogP contribution in [0.1, 0.15) is 32.1 Å². The molecule has 0 amide bonds. The van der Waals surface area contributed by atoms with Crippen LogP contribution in [0.15, 0.2) is 18.2 Å². The second-order valence-electron chi connectivity index (χ2n) is 7.72. The summed E-state index contributed by atoms with van der Waals surface area (Å²) in [7, 11) is -1.35. The van der Waals surface area contributed by atoms with Crippen LogP contribution in [0.5, 0.6) is 0 Å². The molecule has 2 rings (SSSR count). The predicted molar refractivity (Wildman–Crippen MR) is 118 cm³/mol. The molecule has 0 aromatic heterocycles. The molecule has 7 nitrogen and oxygen atoms in total. The lowest BCUT2D eigenvalue weighted by molar-refractivity contribution is -0.144. The first kappa shape index (κ1) is 24.2. The van der Waals surface area contributed by atoms with Crippen LogP contribution >= 0.6 is 23.2 Å². The zero-order chi connectivity index (χ0) is 21.4. The van der Waals surface area contributed by atoms with Crippen LogP contribution in [-0.4, -0.2) is 71.4 Å². The number of hydrogen-bond donors (Lipinski definition) is 4. The van der Waals surface area contributed by atoms with E-state index in [-0.39, 0.29) is 6.32 Å². The topological polar surface area (TPSA) is 110 Å². The number of carboxylic acid groups (broad SMARTS) is 1. The Morgan fingerprint density at radius 1 is 1.07 bits per heavy atom. The van der Waals surface area contributed by atoms with Crippen molar-refractivity contribution in [1.29, 1.82) is 0 Å². The van der Waals surface area contributed by atoms with E-state index >= 15 is 0 Å². The number of anilines is 1. The molecule has 1 heterocycles. The third-order valence-corrected chi connectivity index (χ3v) is 6.24. The molecule has 1 saturated heterocycles. The Labute approximate surface area is 182 Å². The van der Waals surface area contributed by atoms with Crippen molar-refractivity contribution in [2.75, 3.05) is 37.6 Å². The Balaban J connectivity index is 1.74. The summed E-state index contributed by atoms with van der Waals surface area (Å²) >= 11 is 12.1. The minimum atomic E-state index is -1.35. The highest BCUT2D eigenvalue weighted by atomic mass is 35.5. The van der Waals surface area contributed by atoms with Gasteiger partial charge in [-0.05, 0) is 50.3 Å². The summed E-state index contributed by atoms with van der Waals surface area (Å²) < 4.78 is 0. The fourth-order valence-corrected chi connectivity index (χ4v) is 3.93. The quantitative estimate of drug-likeness (QED) is 0.305. The fraction of sp³-hybridized carbons (Fsp3) is 0.632. The van der Waals surface area contributed by atoms with Gasteiger partial charge in [-0.15, -0.1) is 0 Å². The maximum Gasteiger partial charge on any atom is 0.451 e. The number of nitrogens with zero attached hydrogens (tertiary/aromatic N) is 2. The number of piperazine rings is 1. The molecule has 162 valence electrons. The highest BCUT2D eigenvalue weighted by Gasteiger charge is 2.33. The number of unbranched alkanes of at least 4 members (excludes halogenated alkanes) is 1. The van der Waals surface area contributed by atoms with Crippen molar-refractivity contribution in [2.24, 2.45) is 5.73 Å². The lowest BCUT2D eigenvalue weighted by atomic mass is 9.81. The third-order valence-electron chi connectivity index (χ3n) is 5.50. The molecule has 1 aliphatic rings. The second kappa shape index (κ2) is 11.4. The van der Waals surface area contributed by atoms with Gasteiger partial charge in [-0.3, -0.25) is 9.69 Å². The van der Waals surface area contributed by atoms with Crippen molar-refractivity contribution in [2.45, 2.75) is 44.0 Å². The number of rotatable bonds is 11. The van der Waals surface area contributed by atoms with Crippen LogP contribution in [0.4, 0.5) is 5.69 Å². The van der Waals surface area contributed by atoms with E-state index in [1.54, 1.807) is 6.07 Å². The Bertz CT molecular complexity index is 675. The van der Waals surface area contributed by atoms with Crippen LogP contribution in [-0.2, 0) is 4.79 Å². The van der Waals surface area contributed by atoms with Gasteiger partial charge >= 0.3 is 13.1 Å². The molecule has 1 atom stereocenters. The predicted octanol–water partition coefficient (Wildman–Crippen LogP) is 2.32. The Kier molecular flexibility index (Phi) is 9.52. The summed E-state index contributed by atoms with van der Waals surface area (Å²) in [4.78, 5) is 16.2. The second-order valence-corrected chi connectivity index (χ2v) is 8.53. The SMILES string of the molecule is NC(CCCCB(O)O)(CCCN1CCN(c2ccc(Cl)c(Cl)c2)CC1)C(=O)O. The van der Waals surface area contributed by atoms with Crippen molar-refractivity contribution >= 4 is 42.0 Å². The number of hydrogen-bond acceptors (Lipinski definition) is 6. The van der Waals surface area contributed by atoms with E-state index < -0.39 is 18.6 Å². The summed E-state index contributed by atoms with van der Waals surface area (Å²) in [5.41, 5.74) is 5.92. The van der Waals surface area contributed by atoms with E-state index in [9.17, 15) is 9.90 Å². The van der Waals surface area contributed by atoms with Gasteiger partial charge in [-0.2, -0.15) is 0 Å². The summed E-state index contributed by atoms with van der Waals surface area (Å²) in [6, 6.07) is 5.65. The molecule has 10 heteroatoms. The first-order valence-corrected chi connectivity index (χ1v) is 10.8. The third kappa shape index (κ3) is 7.62. The summed E-state index contributed by atoms with van der Waals surface area (Å²) in [6.45, 7) is 4.32. The number of benzene rings is 1. The number of halogens is 2. The zero-order valence-electron chi connectivity index (χ0n) is 16.6. The molecule has 1 aromatic carbocycles. The molecule has 0 radical (unpaired) electrons. The molecular weight excluding hydrogens is 416 g/mol. The molecule has 0 spiro atoms. The maximum absolute atomic E-state index is 11.6. The van der Waals surface area contributed by atoms with Crippen LogP contribution in [0.2, 0.25) is 16.4 Å². The minimum absolute atomic E-state index is 0.235. The van der Waals surface area contributed by atoms with Gasteiger partial charge in [-0.25, -0.2) is 0 Å². The minimum Gasteiger partial charge on any atom is -0.480 e. The molecule has 0 aliphatic carbocycles. The first-order chi connectivity index (χ1) is 13.7. The molecule has 1 fully saturated rings. The summed E-state index contributed by atoms with van der Waals surface area (Å²) in [6.07, 6.45) is 2.78. The van der Waals surface area contributed by atoms with E-state index in [0.29, 0.717) is 42.1 Å². The van der Waals surface area contributed by atoms with E-state index in [4.69, 9.17) is 39.0 Å². The molecule has 29 heavy (non-hydrogen) atoms. The van der Waals surface area contributed by atoms with E-state index in [2.05, 4.69) is 9.80 Å². The van der Waals surface area contributed by atoms with Crippen molar-refractivity contribution in [3.8, 4) is 0 Å². The monoisotopic (exact) mass is 445 g/mol. The molecule has 1 aliphatic heterocycles. The average molecular weight is 446 g/mol. The maximum atomic E-state index is 11.6. The van der Waals surface area contributed by atoms with E-state index in [0.717, 1.165) is 38.4 Å². The molecular formula is C19H30BCl2N3O4. The lowest BCUT2D eigenvalue weighted by Gasteiger charge is -2.36. The number of carboxylic acids is 1. The molecule has 0 bridgehead atoms. The standard InChI is InChI=1S/C19H30BCl2N3O4/c21-16-5-4-15(14-17(16)22)25-12-10-24(11-13-25)9-3-7-19(23,18(26)27)6-1-2-8-20(28)29/h4-5,14,28-29H,1-3,6-13,23H2,(H,26,27). The summed E-state index contributed by atoms with van der Waals surface area (Å²) in [5, 5.41) is 28.4. The molecule has 1 unspecified atom stereocenters. The van der Waals surface area contributed by atoms with E-state index in [1.807, 2.05) is 12.1 Å². The highest BCUT2D eigenvalue weighted by molar-refractivity contribution is 6.42. The van der Waals surface area contributed by atoms with Crippen LogP contribution in [0.3, 0.4) is 0 Å².